The molecule has 1 N–H and O–H groups in total. The summed E-state index contributed by atoms with van der Waals surface area (Å²) in [5.41, 5.74) is 3.78. The minimum Gasteiger partial charge on any atom is -0.497 e. The number of nitrogens with zero attached hydrogens (tertiary/aromatic N) is 3. The minimum absolute atomic E-state index is 0.00649. The lowest BCUT2D eigenvalue weighted by Gasteiger charge is -2.54. The van der Waals surface area contributed by atoms with Crippen LogP contribution in [0.4, 0.5) is 11.4 Å². The monoisotopic (exact) mass is 500 g/mol. The molecule has 1 fully saturated rings. The zero-order valence-corrected chi connectivity index (χ0v) is 20.5. The van der Waals surface area contributed by atoms with Gasteiger partial charge in [0.25, 0.3) is 11.2 Å². The standard InChI is InChI=1S/C28H28N4O5/c1-37-22-8-5-17(6-9-22)14-29-28(34)23-13-18-12-21(32(35)36)7-10-25(18)31-15-19-11-20(27(23)31)16-30-24(19)3-2-4-26(30)33/h2-10,12,19-20,23,27H,11,13-16H2,1H3,(H,29,34)/t19-,20-,23+,27-/m0/s1. The average Bonchev–Trinajstić information content (AvgIpc) is 2.91. The van der Waals surface area contributed by atoms with Crippen LogP contribution in [0.5, 0.6) is 5.75 Å². The number of nitro benzene ring substituents is 1. The van der Waals surface area contributed by atoms with Crippen LogP contribution in [0.3, 0.4) is 0 Å². The van der Waals surface area contributed by atoms with E-state index in [1.54, 1.807) is 25.3 Å². The number of non-ortho nitro benzene ring substituents is 1. The second kappa shape index (κ2) is 9.06. The maximum absolute atomic E-state index is 13.7. The van der Waals surface area contributed by atoms with Crippen molar-refractivity contribution in [2.24, 2.45) is 11.8 Å². The number of carbonyl (C=O) groups excluding carboxylic acids is 1. The lowest BCUT2D eigenvalue weighted by Crippen LogP contribution is -2.61. The maximum atomic E-state index is 13.7. The van der Waals surface area contributed by atoms with Crippen LogP contribution < -0.4 is 20.5 Å². The van der Waals surface area contributed by atoms with Gasteiger partial charge in [0.05, 0.1) is 18.0 Å². The van der Waals surface area contributed by atoms with E-state index in [1.165, 1.54) is 0 Å². The molecule has 1 aromatic heterocycles. The van der Waals surface area contributed by atoms with E-state index in [-0.39, 0.29) is 40.9 Å². The van der Waals surface area contributed by atoms with Gasteiger partial charge in [0.15, 0.2) is 0 Å². The molecule has 0 radical (unpaired) electrons. The summed E-state index contributed by atoms with van der Waals surface area (Å²) in [6.45, 7) is 1.61. The summed E-state index contributed by atoms with van der Waals surface area (Å²) in [5.74, 6) is 0.563. The topological polar surface area (TPSA) is 107 Å². The van der Waals surface area contributed by atoms with Gasteiger partial charge >= 0.3 is 0 Å². The molecule has 9 nitrogen and oxygen atoms in total. The number of rotatable bonds is 5. The van der Waals surface area contributed by atoms with Crippen molar-refractivity contribution in [1.82, 2.24) is 9.88 Å². The number of pyridine rings is 1. The lowest BCUT2D eigenvalue weighted by atomic mass is 9.70. The molecular weight excluding hydrogens is 472 g/mol. The second-order valence-electron chi connectivity index (χ2n) is 10.2. The first-order valence-corrected chi connectivity index (χ1v) is 12.6. The molecule has 4 atom stereocenters. The van der Waals surface area contributed by atoms with Gasteiger partial charge in [-0.25, -0.2) is 0 Å². The minimum atomic E-state index is -0.390. The predicted octanol–water partition coefficient (Wildman–Crippen LogP) is 3.25. The van der Waals surface area contributed by atoms with Crippen LogP contribution in [0.15, 0.2) is 65.5 Å². The second-order valence-corrected chi connectivity index (χ2v) is 10.2. The average molecular weight is 501 g/mol. The quantitative estimate of drug-likeness (QED) is 0.426. The van der Waals surface area contributed by atoms with Gasteiger partial charge in [-0.3, -0.25) is 19.7 Å². The van der Waals surface area contributed by atoms with Crippen LogP contribution in [0.25, 0.3) is 0 Å². The molecule has 3 aromatic rings. The van der Waals surface area contributed by atoms with Crippen molar-refractivity contribution in [2.45, 2.75) is 37.9 Å². The van der Waals surface area contributed by atoms with Gasteiger partial charge in [0.1, 0.15) is 5.75 Å². The third kappa shape index (κ3) is 4.04. The number of benzene rings is 2. The molecule has 1 amide bonds. The van der Waals surface area contributed by atoms with E-state index in [1.807, 2.05) is 47.0 Å². The lowest BCUT2D eigenvalue weighted by molar-refractivity contribution is -0.384. The van der Waals surface area contributed by atoms with Crippen molar-refractivity contribution in [3.05, 3.63) is 98.0 Å². The summed E-state index contributed by atoms with van der Waals surface area (Å²) in [6.07, 6.45) is 1.33. The van der Waals surface area contributed by atoms with Crippen LogP contribution in [0.2, 0.25) is 0 Å². The molecule has 2 aromatic carbocycles. The molecule has 9 heteroatoms. The van der Waals surface area contributed by atoms with E-state index in [9.17, 15) is 19.7 Å². The fourth-order valence-corrected chi connectivity index (χ4v) is 6.52. The van der Waals surface area contributed by atoms with Gasteiger partial charge in [-0.15, -0.1) is 0 Å². The first kappa shape index (κ1) is 23.3. The SMILES string of the molecule is COc1ccc(CNC(=O)[C@@H]2Cc3cc([N+](=O)[O-])ccc3N3C[C@@H]4C[C@@H](Cn5c4cccc5=O)[C@@H]23)cc1. The number of anilines is 1. The number of hydrogen-bond acceptors (Lipinski definition) is 6. The Bertz CT molecular complexity index is 1430. The summed E-state index contributed by atoms with van der Waals surface area (Å²) in [6, 6.07) is 17.9. The molecule has 3 aliphatic rings. The number of aromatic nitrogens is 1. The van der Waals surface area contributed by atoms with Crippen molar-refractivity contribution in [1.29, 1.82) is 0 Å². The highest BCUT2D eigenvalue weighted by atomic mass is 16.6. The fourth-order valence-electron chi connectivity index (χ4n) is 6.52. The Morgan fingerprint density at radius 2 is 1.95 bits per heavy atom. The van der Waals surface area contributed by atoms with Gasteiger partial charge in [-0.05, 0) is 54.2 Å². The van der Waals surface area contributed by atoms with Crippen LogP contribution >= 0.6 is 0 Å². The molecule has 37 heavy (non-hydrogen) atoms. The van der Waals surface area contributed by atoms with Crippen LogP contribution in [0.1, 0.15) is 29.2 Å². The number of carbonyl (C=O) groups is 1. The normalized spacial score (nSPS) is 23.3. The Morgan fingerprint density at radius 3 is 2.70 bits per heavy atom. The Morgan fingerprint density at radius 1 is 1.14 bits per heavy atom. The van der Waals surface area contributed by atoms with E-state index in [2.05, 4.69) is 10.2 Å². The number of hydrogen-bond donors (Lipinski definition) is 1. The third-order valence-corrected chi connectivity index (χ3v) is 8.16. The zero-order valence-electron chi connectivity index (χ0n) is 20.5. The van der Waals surface area contributed by atoms with Crippen molar-refractivity contribution in [3.63, 3.8) is 0 Å². The molecule has 0 aliphatic carbocycles. The Balaban J connectivity index is 1.34. The van der Waals surface area contributed by atoms with Gasteiger partial charge in [0, 0.05) is 61.2 Å². The maximum Gasteiger partial charge on any atom is 0.269 e. The van der Waals surface area contributed by atoms with E-state index in [4.69, 9.17) is 4.74 Å². The van der Waals surface area contributed by atoms with Crippen molar-refractivity contribution in [3.8, 4) is 5.75 Å². The van der Waals surface area contributed by atoms with E-state index in [0.29, 0.717) is 26.1 Å². The van der Waals surface area contributed by atoms with E-state index >= 15 is 0 Å². The number of methoxy groups -OCH3 is 1. The number of fused-ring (bicyclic) bond motifs is 8. The molecular formula is C28H28N4O5. The number of ether oxygens (including phenoxy) is 1. The van der Waals surface area contributed by atoms with Gasteiger partial charge in [0.2, 0.25) is 5.91 Å². The molecule has 1 saturated heterocycles. The van der Waals surface area contributed by atoms with Crippen LogP contribution in [-0.4, -0.2) is 35.1 Å². The van der Waals surface area contributed by atoms with Crippen molar-refractivity contribution >= 4 is 17.3 Å². The first-order chi connectivity index (χ1) is 17.9. The number of nitrogens with one attached hydrogen (secondary N) is 1. The van der Waals surface area contributed by atoms with Crippen LogP contribution in [-0.2, 0) is 24.3 Å². The Hall–Kier alpha value is -4.14. The Labute approximate surface area is 213 Å². The largest absolute Gasteiger partial charge is 0.497 e. The van der Waals surface area contributed by atoms with E-state index < -0.39 is 4.92 Å². The van der Waals surface area contributed by atoms with Crippen molar-refractivity contribution < 1.29 is 14.5 Å². The summed E-state index contributed by atoms with van der Waals surface area (Å²) < 4.78 is 7.08. The molecule has 0 saturated carbocycles. The number of amides is 1. The molecule has 6 rings (SSSR count). The molecule has 190 valence electrons. The highest BCUT2D eigenvalue weighted by Crippen LogP contribution is 2.47. The highest BCUT2D eigenvalue weighted by molar-refractivity contribution is 5.82. The Kier molecular flexibility index (Phi) is 5.70. The van der Waals surface area contributed by atoms with Crippen LogP contribution in [0, 0.1) is 22.0 Å². The summed E-state index contributed by atoms with van der Waals surface area (Å²) in [5, 5.41) is 14.6. The predicted molar refractivity (Wildman–Crippen MR) is 138 cm³/mol. The molecule has 4 heterocycles. The smallest absolute Gasteiger partial charge is 0.269 e. The third-order valence-electron chi connectivity index (χ3n) is 8.16. The number of nitro groups is 1. The van der Waals surface area contributed by atoms with E-state index in [0.717, 1.165) is 34.7 Å². The first-order valence-electron chi connectivity index (χ1n) is 12.6. The summed E-state index contributed by atoms with van der Waals surface area (Å²) in [7, 11) is 1.61. The summed E-state index contributed by atoms with van der Waals surface area (Å²) >= 11 is 0. The molecule has 0 unspecified atom stereocenters. The highest BCUT2D eigenvalue weighted by Gasteiger charge is 2.49. The van der Waals surface area contributed by atoms with Gasteiger partial charge in [-0.2, -0.15) is 0 Å². The number of piperidine rings is 1. The molecule has 3 aliphatic heterocycles. The van der Waals surface area contributed by atoms with Crippen molar-refractivity contribution in [2.75, 3.05) is 18.6 Å². The van der Waals surface area contributed by atoms with Gasteiger partial charge < -0.3 is 19.5 Å². The molecule has 2 bridgehead atoms. The molecule has 0 spiro atoms. The van der Waals surface area contributed by atoms with Gasteiger partial charge in [-0.1, -0.05) is 18.2 Å². The summed E-state index contributed by atoms with van der Waals surface area (Å²) in [4.78, 5) is 39.7. The zero-order chi connectivity index (χ0) is 25.7. The fraction of sp³-hybridized carbons (Fsp3) is 0.357.